The Morgan fingerprint density at radius 1 is 1.09 bits per heavy atom. The van der Waals surface area contributed by atoms with E-state index in [0.29, 0.717) is 19.6 Å². The molecular weight excluding hydrogens is 581 g/mol. The van der Waals surface area contributed by atoms with Crippen molar-refractivity contribution in [1.82, 2.24) is 4.90 Å². The average molecular weight is 614 g/mol. The summed E-state index contributed by atoms with van der Waals surface area (Å²) >= 11 is 0. The molecule has 0 aromatic heterocycles. The molecule has 12 nitrogen and oxygen atoms in total. The summed E-state index contributed by atoms with van der Waals surface area (Å²) in [4.78, 5) is 42.0. The molecule has 3 fully saturated rings. The highest BCUT2D eigenvalue weighted by molar-refractivity contribution is 6.30. The number of phenolic OH excluding ortho intramolecular Hbond substituents is 2. The first kappa shape index (κ1) is 29.4. The molecule has 0 spiro atoms. The standard InChI is InChI=1S/C31H32FNO11/c1-12-29-17(33-6-7-41-13(2)30(33)44-29)8-20(42-12)43-18-10-31(40,19(35)11-34)9-15-22(18)28(39)24-23(26(15)37)25(36)14-4-3-5-16(32)21(14)27(24)38/h3-5,12-13,17-18,20,29-30,34,37,39-40H,6-11H2,1-2H3/t12-,13+,17-,18-,20-,29+,30+,31-/m0/s1. The number of hydrogen-bond acceptors (Lipinski definition) is 12. The van der Waals surface area contributed by atoms with Gasteiger partial charge >= 0.3 is 0 Å². The zero-order chi connectivity index (χ0) is 31.2. The van der Waals surface area contributed by atoms with Crippen LogP contribution in [0.3, 0.4) is 0 Å². The quantitative estimate of drug-likeness (QED) is 0.311. The first-order valence-corrected chi connectivity index (χ1v) is 14.6. The van der Waals surface area contributed by atoms with Crippen LogP contribution in [0.2, 0.25) is 0 Å². The molecule has 0 radical (unpaired) electrons. The normalized spacial score (nSPS) is 34.5. The lowest BCUT2D eigenvalue weighted by Gasteiger charge is -2.43. The van der Waals surface area contributed by atoms with Crippen LogP contribution in [0.15, 0.2) is 18.2 Å². The maximum Gasteiger partial charge on any atom is 0.201 e. The van der Waals surface area contributed by atoms with Crippen LogP contribution in [0, 0.1) is 5.82 Å². The van der Waals surface area contributed by atoms with Gasteiger partial charge in [-0.1, -0.05) is 12.1 Å². The third-order valence-electron chi connectivity index (χ3n) is 9.65. The number of aliphatic hydroxyl groups excluding tert-OH is 1. The Kier molecular flexibility index (Phi) is 6.94. The zero-order valence-electron chi connectivity index (χ0n) is 24.0. The SMILES string of the molecule is C[C@@H]1O[C@@H](O[C@H]2C[C@](O)(C(=O)CO)Cc3c(O)c4c(c(O)c32)C(=O)c2c(F)cccc2C4=O)C[C@H]2[C@@H]1O[C@@H]1[C@@H](C)OCCN12. The minimum absolute atomic E-state index is 0.120. The summed E-state index contributed by atoms with van der Waals surface area (Å²) in [5.74, 6) is -5.31. The number of nitrogens with zero attached hydrogens (tertiary/aromatic N) is 1. The van der Waals surface area contributed by atoms with Crippen LogP contribution in [0.4, 0.5) is 4.39 Å². The van der Waals surface area contributed by atoms with E-state index in [1.165, 1.54) is 12.1 Å². The van der Waals surface area contributed by atoms with Gasteiger partial charge in [-0.15, -0.1) is 0 Å². The second-order valence-corrected chi connectivity index (χ2v) is 12.2. The van der Waals surface area contributed by atoms with Crippen LogP contribution < -0.4 is 0 Å². The second kappa shape index (κ2) is 10.4. The number of aromatic hydroxyl groups is 2. The lowest BCUT2D eigenvalue weighted by atomic mass is 9.72. The minimum Gasteiger partial charge on any atom is -0.507 e. The number of fused-ring (bicyclic) bond motifs is 6. The first-order valence-electron chi connectivity index (χ1n) is 14.6. The minimum atomic E-state index is -2.25. The van der Waals surface area contributed by atoms with Crippen LogP contribution >= 0.6 is 0 Å². The summed E-state index contributed by atoms with van der Waals surface area (Å²) < 4.78 is 39.3. The Morgan fingerprint density at radius 3 is 2.59 bits per heavy atom. The van der Waals surface area contributed by atoms with E-state index in [1.807, 2.05) is 13.8 Å². The Balaban J connectivity index is 1.30. The van der Waals surface area contributed by atoms with Crippen molar-refractivity contribution in [2.75, 3.05) is 19.8 Å². The van der Waals surface area contributed by atoms with E-state index in [2.05, 4.69) is 4.90 Å². The molecular formula is C31H32FNO11. The van der Waals surface area contributed by atoms with E-state index in [1.54, 1.807) is 0 Å². The number of morpholine rings is 1. The van der Waals surface area contributed by atoms with Gasteiger partial charge in [-0.05, 0) is 19.9 Å². The highest BCUT2D eigenvalue weighted by Crippen LogP contribution is 2.52. The van der Waals surface area contributed by atoms with E-state index in [4.69, 9.17) is 18.9 Å². The number of rotatable bonds is 4. The molecule has 0 saturated carbocycles. The average Bonchev–Trinajstić information content (AvgIpc) is 3.37. The van der Waals surface area contributed by atoms with Gasteiger partial charge < -0.3 is 39.4 Å². The van der Waals surface area contributed by atoms with Gasteiger partial charge in [-0.25, -0.2) is 4.39 Å². The molecule has 2 aromatic rings. The third-order valence-corrected chi connectivity index (χ3v) is 9.65. The van der Waals surface area contributed by atoms with Crippen molar-refractivity contribution in [2.24, 2.45) is 0 Å². The lowest BCUT2D eigenvalue weighted by Crippen LogP contribution is -2.54. The number of hydrogen-bond donors (Lipinski definition) is 4. The number of halogens is 1. The number of aliphatic hydroxyl groups is 2. The van der Waals surface area contributed by atoms with Crippen LogP contribution in [-0.4, -0.2) is 105 Å². The van der Waals surface area contributed by atoms with Crippen LogP contribution in [-0.2, 0) is 30.2 Å². The molecule has 13 heteroatoms. The molecule has 3 saturated heterocycles. The molecule has 8 atom stereocenters. The molecule has 234 valence electrons. The number of ketones is 3. The summed E-state index contributed by atoms with van der Waals surface area (Å²) in [7, 11) is 0. The number of benzene rings is 2. The molecule has 2 aromatic carbocycles. The summed E-state index contributed by atoms with van der Waals surface area (Å²) in [6.45, 7) is 3.88. The third kappa shape index (κ3) is 4.18. The van der Waals surface area contributed by atoms with Gasteiger partial charge in [-0.3, -0.25) is 19.3 Å². The molecule has 2 aliphatic carbocycles. The highest BCUT2D eigenvalue weighted by Gasteiger charge is 2.54. The predicted molar refractivity (Wildman–Crippen MR) is 146 cm³/mol. The van der Waals surface area contributed by atoms with Gasteiger partial charge in [0.25, 0.3) is 0 Å². The number of carbonyl (C=O) groups excluding carboxylic acids is 3. The maximum absolute atomic E-state index is 14.8. The number of phenols is 2. The van der Waals surface area contributed by atoms with E-state index in [0.717, 1.165) is 6.07 Å². The van der Waals surface area contributed by atoms with Crippen molar-refractivity contribution in [3.05, 3.63) is 57.4 Å². The van der Waals surface area contributed by atoms with Gasteiger partial charge in [0.1, 0.15) is 41.9 Å². The Bertz CT molecular complexity index is 1590. The monoisotopic (exact) mass is 613 g/mol. The van der Waals surface area contributed by atoms with Gasteiger partial charge in [0.2, 0.25) is 5.78 Å². The first-order chi connectivity index (χ1) is 20.9. The van der Waals surface area contributed by atoms with Crippen molar-refractivity contribution in [3.8, 4) is 11.5 Å². The summed E-state index contributed by atoms with van der Waals surface area (Å²) in [5, 5.41) is 44.1. The summed E-state index contributed by atoms with van der Waals surface area (Å²) in [6.07, 6.45) is -4.17. The van der Waals surface area contributed by atoms with Crippen molar-refractivity contribution in [1.29, 1.82) is 0 Å². The van der Waals surface area contributed by atoms with Crippen molar-refractivity contribution in [2.45, 2.75) is 81.7 Å². The maximum atomic E-state index is 14.8. The molecule has 0 bridgehead atoms. The number of Topliss-reactive ketones (excluding diaryl/α,β-unsaturated/α-hetero) is 1. The molecule has 7 rings (SSSR count). The topological polar surface area (TPSA) is 172 Å². The fourth-order valence-corrected chi connectivity index (χ4v) is 7.55. The fourth-order valence-electron chi connectivity index (χ4n) is 7.55. The molecule has 0 unspecified atom stereocenters. The molecule has 44 heavy (non-hydrogen) atoms. The second-order valence-electron chi connectivity index (χ2n) is 12.2. The van der Waals surface area contributed by atoms with Crippen molar-refractivity contribution in [3.63, 3.8) is 0 Å². The van der Waals surface area contributed by atoms with E-state index >= 15 is 0 Å². The smallest absolute Gasteiger partial charge is 0.201 e. The molecule has 3 heterocycles. The summed E-state index contributed by atoms with van der Waals surface area (Å²) in [6, 6.07) is 3.37. The fraction of sp³-hybridized carbons (Fsp3) is 0.516. The molecule has 3 aliphatic heterocycles. The van der Waals surface area contributed by atoms with E-state index < -0.39 is 94.9 Å². The summed E-state index contributed by atoms with van der Waals surface area (Å²) in [5.41, 5.74) is -4.57. The molecule has 0 amide bonds. The Morgan fingerprint density at radius 2 is 1.84 bits per heavy atom. The van der Waals surface area contributed by atoms with Crippen molar-refractivity contribution >= 4 is 17.3 Å². The van der Waals surface area contributed by atoms with E-state index in [-0.39, 0.29) is 41.2 Å². The zero-order valence-corrected chi connectivity index (χ0v) is 24.0. The van der Waals surface area contributed by atoms with E-state index in [9.17, 15) is 39.2 Å². The van der Waals surface area contributed by atoms with Gasteiger partial charge in [-0.2, -0.15) is 0 Å². The van der Waals surface area contributed by atoms with Crippen LogP contribution in [0.5, 0.6) is 11.5 Å². The van der Waals surface area contributed by atoms with Crippen LogP contribution in [0.1, 0.15) is 75.8 Å². The van der Waals surface area contributed by atoms with Crippen LogP contribution in [0.25, 0.3) is 0 Å². The number of carbonyl (C=O) groups is 3. The number of ether oxygens (including phenoxy) is 4. The van der Waals surface area contributed by atoms with Crippen molar-refractivity contribution < 1.29 is 58.1 Å². The Labute approximate surface area is 250 Å². The molecule has 5 aliphatic rings. The molecule has 4 N–H and O–H groups in total. The largest absolute Gasteiger partial charge is 0.507 e. The Hall–Kier alpha value is -3.30. The van der Waals surface area contributed by atoms with Gasteiger partial charge in [0.05, 0.1) is 41.6 Å². The lowest BCUT2D eigenvalue weighted by molar-refractivity contribution is -0.247. The van der Waals surface area contributed by atoms with Gasteiger partial charge in [0.15, 0.2) is 17.9 Å². The van der Waals surface area contributed by atoms with Gasteiger partial charge in [0, 0.05) is 48.5 Å². The highest BCUT2D eigenvalue weighted by atomic mass is 19.1. The predicted octanol–water partition coefficient (Wildman–Crippen LogP) is 1.26.